The van der Waals surface area contributed by atoms with Crippen LogP contribution in [0.4, 0.5) is 11.4 Å². The Kier molecular flexibility index (Phi) is 4.18. The second kappa shape index (κ2) is 6.64. The molecule has 2 nitrogen and oxygen atoms in total. The minimum Gasteiger partial charge on any atom is -0.308 e. The maximum absolute atomic E-state index is 4.35. The third kappa shape index (κ3) is 3.18. The van der Waals surface area contributed by atoms with Gasteiger partial charge < -0.3 is 4.90 Å². The van der Waals surface area contributed by atoms with E-state index in [9.17, 15) is 0 Å². The lowest BCUT2D eigenvalue weighted by Gasteiger charge is -2.27. The molecule has 0 amide bonds. The van der Waals surface area contributed by atoms with Gasteiger partial charge in [-0.1, -0.05) is 68.5 Å². The molecule has 4 rings (SSSR count). The molecule has 1 heterocycles. The van der Waals surface area contributed by atoms with Crippen LogP contribution in [0, 0.1) is 5.41 Å². The van der Waals surface area contributed by atoms with Gasteiger partial charge in [0.2, 0.25) is 0 Å². The Hall–Kier alpha value is -3.13. The van der Waals surface area contributed by atoms with Crippen LogP contribution in [0.2, 0.25) is 0 Å². The molecule has 1 aliphatic rings. The Balaban J connectivity index is 1.93. The van der Waals surface area contributed by atoms with Gasteiger partial charge in [-0.05, 0) is 35.7 Å². The largest absolute Gasteiger partial charge is 0.308 e. The molecular weight excluding hydrogens is 316 g/mol. The lowest BCUT2D eigenvalue weighted by molar-refractivity contribution is 0.627. The summed E-state index contributed by atoms with van der Waals surface area (Å²) < 4.78 is 0. The summed E-state index contributed by atoms with van der Waals surface area (Å²) >= 11 is 0. The molecule has 0 bridgehead atoms. The standard InChI is InChI=1S/C24H22N2/c1-24(2)15-6-10-20(14-16-24)26(21-11-7-17-25-18-21)23-13-5-9-19-8-3-4-12-22(19)23/h3-18H,1-2H3. The lowest BCUT2D eigenvalue weighted by atomic mass is 9.93. The average molecular weight is 338 g/mol. The van der Waals surface area contributed by atoms with Gasteiger partial charge in [-0.15, -0.1) is 0 Å². The van der Waals surface area contributed by atoms with Crippen LogP contribution in [0.25, 0.3) is 10.8 Å². The molecule has 2 heteroatoms. The summed E-state index contributed by atoms with van der Waals surface area (Å²) in [5.41, 5.74) is 3.36. The van der Waals surface area contributed by atoms with Crippen LogP contribution >= 0.6 is 0 Å². The highest BCUT2D eigenvalue weighted by Crippen LogP contribution is 2.36. The van der Waals surface area contributed by atoms with Crippen molar-refractivity contribution in [3.05, 3.63) is 103 Å². The number of allylic oxidation sites excluding steroid dienone is 5. The molecule has 0 spiro atoms. The van der Waals surface area contributed by atoms with E-state index in [0.29, 0.717) is 0 Å². The second-order valence-corrected chi connectivity index (χ2v) is 7.15. The van der Waals surface area contributed by atoms with E-state index in [2.05, 4.69) is 103 Å². The molecule has 3 aromatic rings. The first-order valence-corrected chi connectivity index (χ1v) is 8.91. The van der Waals surface area contributed by atoms with Gasteiger partial charge in [0, 0.05) is 22.7 Å². The molecule has 128 valence electrons. The van der Waals surface area contributed by atoms with Crippen LogP contribution in [0.3, 0.4) is 0 Å². The molecule has 0 fully saturated rings. The summed E-state index contributed by atoms with van der Waals surface area (Å²) in [6.07, 6.45) is 14.7. The van der Waals surface area contributed by atoms with E-state index in [1.165, 1.54) is 10.8 Å². The summed E-state index contributed by atoms with van der Waals surface area (Å²) in [4.78, 5) is 6.62. The summed E-state index contributed by atoms with van der Waals surface area (Å²) in [5.74, 6) is 0. The fourth-order valence-electron chi connectivity index (χ4n) is 3.27. The van der Waals surface area contributed by atoms with Gasteiger partial charge in [-0.25, -0.2) is 0 Å². The molecule has 0 saturated heterocycles. The number of pyridine rings is 1. The third-order valence-corrected chi connectivity index (χ3v) is 4.65. The van der Waals surface area contributed by atoms with E-state index >= 15 is 0 Å². The monoisotopic (exact) mass is 338 g/mol. The fourth-order valence-corrected chi connectivity index (χ4v) is 3.27. The van der Waals surface area contributed by atoms with Crippen LogP contribution in [0.1, 0.15) is 13.8 Å². The van der Waals surface area contributed by atoms with Crippen molar-refractivity contribution in [2.24, 2.45) is 5.41 Å². The fraction of sp³-hybridized carbons (Fsp3) is 0.125. The van der Waals surface area contributed by atoms with Gasteiger partial charge in [0.05, 0.1) is 17.6 Å². The van der Waals surface area contributed by atoms with Crippen molar-refractivity contribution in [2.45, 2.75) is 13.8 Å². The van der Waals surface area contributed by atoms with E-state index in [0.717, 1.165) is 17.1 Å². The van der Waals surface area contributed by atoms with Crippen LogP contribution in [-0.2, 0) is 0 Å². The van der Waals surface area contributed by atoms with Crippen molar-refractivity contribution in [2.75, 3.05) is 4.90 Å². The summed E-state index contributed by atoms with van der Waals surface area (Å²) in [6.45, 7) is 4.42. The predicted octanol–water partition coefficient (Wildman–Crippen LogP) is 6.41. The Morgan fingerprint density at radius 3 is 2.58 bits per heavy atom. The number of rotatable bonds is 3. The highest BCUT2D eigenvalue weighted by molar-refractivity contribution is 5.97. The van der Waals surface area contributed by atoms with Crippen LogP contribution in [0.5, 0.6) is 0 Å². The predicted molar refractivity (Wildman–Crippen MR) is 110 cm³/mol. The zero-order valence-electron chi connectivity index (χ0n) is 15.1. The Morgan fingerprint density at radius 1 is 0.885 bits per heavy atom. The Labute approximate surface area is 154 Å². The van der Waals surface area contributed by atoms with Crippen LogP contribution in [-0.4, -0.2) is 4.98 Å². The molecule has 0 radical (unpaired) electrons. The Morgan fingerprint density at radius 2 is 1.73 bits per heavy atom. The van der Waals surface area contributed by atoms with Crippen molar-refractivity contribution in [3.63, 3.8) is 0 Å². The third-order valence-electron chi connectivity index (χ3n) is 4.65. The molecule has 0 unspecified atom stereocenters. The van der Waals surface area contributed by atoms with Gasteiger partial charge in [0.25, 0.3) is 0 Å². The van der Waals surface area contributed by atoms with Crippen molar-refractivity contribution in [3.8, 4) is 0 Å². The smallest absolute Gasteiger partial charge is 0.0645 e. The molecular formula is C24H22N2. The maximum Gasteiger partial charge on any atom is 0.0645 e. The van der Waals surface area contributed by atoms with E-state index in [1.54, 1.807) is 0 Å². The number of fused-ring (bicyclic) bond motifs is 1. The molecule has 1 aliphatic carbocycles. The first-order valence-electron chi connectivity index (χ1n) is 8.91. The summed E-state index contributed by atoms with van der Waals surface area (Å²) in [5, 5.41) is 2.45. The zero-order valence-corrected chi connectivity index (χ0v) is 15.1. The minimum atomic E-state index is 0.0393. The number of hydrogen-bond acceptors (Lipinski definition) is 2. The molecule has 0 saturated carbocycles. The van der Waals surface area contributed by atoms with Crippen molar-refractivity contribution in [1.82, 2.24) is 4.98 Å². The zero-order chi connectivity index (χ0) is 18.0. The number of hydrogen-bond donors (Lipinski definition) is 0. The van der Waals surface area contributed by atoms with E-state index in [-0.39, 0.29) is 5.41 Å². The van der Waals surface area contributed by atoms with Crippen molar-refractivity contribution in [1.29, 1.82) is 0 Å². The van der Waals surface area contributed by atoms with Gasteiger partial charge in [-0.3, -0.25) is 4.98 Å². The summed E-state index contributed by atoms with van der Waals surface area (Å²) in [7, 11) is 0. The maximum atomic E-state index is 4.35. The first kappa shape index (κ1) is 16.3. The number of benzene rings is 2. The topological polar surface area (TPSA) is 16.1 Å². The minimum absolute atomic E-state index is 0.0393. The van der Waals surface area contributed by atoms with Gasteiger partial charge in [0.1, 0.15) is 0 Å². The van der Waals surface area contributed by atoms with E-state index in [4.69, 9.17) is 0 Å². The highest BCUT2D eigenvalue weighted by Gasteiger charge is 2.18. The molecule has 2 aromatic carbocycles. The lowest BCUT2D eigenvalue weighted by Crippen LogP contribution is -2.16. The Bertz CT molecular complexity index is 1010. The van der Waals surface area contributed by atoms with Crippen molar-refractivity contribution >= 4 is 22.1 Å². The molecule has 0 aliphatic heterocycles. The highest BCUT2D eigenvalue weighted by atomic mass is 15.2. The normalized spacial score (nSPS) is 15.5. The first-order chi connectivity index (χ1) is 12.6. The van der Waals surface area contributed by atoms with Gasteiger partial charge >= 0.3 is 0 Å². The second-order valence-electron chi connectivity index (χ2n) is 7.15. The molecule has 0 N–H and O–H groups in total. The number of anilines is 2. The van der Waals surface area contributed by atoms with E-state index < -0.39 is 0 Å². The van der Waals surface area contributed by atoms with Crippen molar-refractivity contribution < 1.29 is 0 Å². The number of aromatic nitrogens is 1. The van der Waals surface area contributed by atoms with Crippen LogP contribution in [0.15, 0.2) is 103 Å². The van der Waals surface area contributed by atoms with E-state index in [1.807, 2.05) is 18.5 Å². The molecule has 1 aromatic heterocycles. The molecule has 0 atom stereocenters. The van der Waals surface area contributed by atoms with Gasteiger partial charge in [0.15, 0.2) is 0 Å². The van der Waals surface area contributed by atoms with Crippen LogP contribution < -0.4 is 4.90 Å². The molecule has 26 heavy (non-hydrogen) atoms. The average Bonchev–Trinajstić information content (AvgIpc) is 2.84. The SMILES string of the molecule is CC1(C)C=CC=C(N(c2cccnc2)c2cccc3ccccc23)C=C1. The van der Waals surface area contributed by atoms with Gasteiger partial charge in [-0.2, -0.15) is 0 Å². The quantitative estimate of drug-likeness (QED) is 0.548. The number of nitrogens with zero attached hydrogens (tertiary/aromatic N) is 2. The summed E-state index contributed by atoms with van der Waals surface area (Å²) in [6, 6.07) is 19.0.